The molecule has 0 aliphatic heterocycles. The number of aromatic nitrogens is 1. The molecular formula is C18H29ClIN5O. The Morgan fingerprint density at radius 1 is 1.31 bits per heavy atom. The zero-order valence-corrected chi connectivity index (χ0v) is 18.8. The van der Waals surface area contributed by atoms with E-state index < -0.39 is 0 Å². The zero-order valence-electron chi connectivity index (χ0n) is 15.7. The fourth-order valence-electron chi connectivity index (χ4n) is 3.35. The summed E-state index contributed by atoms with van der Waals surface area (Å²) < 4.78 is 0. The van der Waals surface area contributed by atoms with Crippen LogP contribution in [0.1, 0.15) is 31.2 Å². The zero-order chi connectivity index (χ0) is 18.3. The lowest BCUT2D eigenvalue weighted by molar-refractivity contribution is -0.138. The molecule has 6 nitrogen and oxygen atoms in total. The van der Waals surface area contributed by atoms with Crippen molar-refractivity contribution in [1.29, 1.82) is 0 Å². The lowest BCUT2D eigenvalue weighted by atomic mass is 9.84. The van der Waals surface area contributed by atoms with Crippen LogP contribution in [0.4, 0.5) is 0 Å². The van der Waals surface area contributed by atoms with E-state index in [0.717, 1.165) is 50.2 Å². The third kappa shape index (κ3) is 6.26. The van der Waals surface area contributed by atoms with E-state index in [4.69, 9.17) is 11.6 Å². The molecule has 0 saturated heterocycles. The van der Waals surface area contributed by atoms with Gasteiger partial charge in [0.1, 0.15) is 5.15 Å². The van der Waals surface area contributed by atoms with Crippen LogP contribution < -0.4 is 10.6 Å². The number of aliphatic imine (C=N–C) groups is 1. The van der Waals surface area contributed by atoms with Crippen molar-refractivity contribution < 1.29 is 4.79 Å². The molecule has 0 bridgehead atoms. The van der Waals surface area contributed by atoms with Crippen LogP contribution >= 0.6 is 35.6 Å². The minimum absolute atomic E-state index is 0. The maximum Gasteiger partial charge on any atom is 0.230 e. The quantitative estimate of drug-likeness (QED) is 0.277. The number of pyridine rings is 1. The number of carbonyl (C=O) groups excluding carboxylic acids is 1. The summed E-state index contributed by atoms with van der Waals surface area (Å²) in [6, 6.07) is 3.76. The molecule has 1 fully saturated rings. The molecule has 1 heterocycles. The predicted octanol–water partition coefficient (Wildman–Crippen LogP) is 2.71. The molecule has 26 heavy (non-hydrogen) atoms. The predicted molar refractivity (Wildman–Crippen MR) is 117 cm³/mol. The second-order valence-corrected chi connectivity index (χ2v) is 7.17. The van der Waals surface area contributed by atoms with Gasteiger partial charge in [-0.25, -0.2) is 4.98 Å². The number of carbonyl (C=O) groups is 1. The van der Waals surface area contributed by atoms with E-state index in [1.807, 2.05) is 20.2 Å². The molecule has 0 radical (unpaired) electrons. The van der Waals surface area contributed by atoms with Crippen molar-refractivity contribution in [3.63, 3.8) is 0 Å². The molecule has 1 aliphatic rings. The molecule has 0 atom stereocenters. The largest absolute Gasteiger partial charge is 0.356 e. The summed E-state index contributed by atoms with van der Waals surface area (Å²) in [5.41, 5.74) is 0.809. The van der Waals surface area contributed by atoms with E-state index in [9.17, 15) is 4.79 Å². The van der Waals surface area contributed by atoms with Crippen LogP contribution in [-0.2, 0) is 11.2 Å². The maximum atomic E-state index is 12.6. The van der Waals surface area contributed by atoms with Crippen molar-refractivity contribution in [1.82, 2.24) is 20.5 Å². The fraction of sp³-hybridized carbons (Fsp3) is 0.611. The molecule has 146 valence electrons. The number of nitrogens with one attached hydrogen (secondary N) is 2. The molecule has 0 unspecified atom stereocenters. The van der Waals surface area contributed by atoms with Gasteiger partial charge in [0.15, 0.2) is 5.96 Å². The number of hydrogen-bond acceptors (Lipinski definition) is 3. The minimum atomic E-state index is -0.304. The molecule has 1 aromatic heterocycles. The van der Waals surface area contributed by atoms with Crippen molar-refractivity contribution >= 4 is 47.4 Å². The first-order chi connectivity index (χ1) is 12.0. The summed E-state index contributed by atoms with van der Waals surface area (Å²) in [6.07, 6.45) is 6.69. The lowest BCUT2D eigenvalue weighted by Gasteiger charge is -2.31. The van der Waals surface area contributed by atoms with Crippen LogP contribution in [0.5, 0.6) is 0 Å². The molecule has 2 N–H and O–H groups in total. The number of halogens is 2. The Labute approximate surface area is 178 Å². The van der Waals surface area contributed by atoms with Crippen LogP contribution in [0, 0.1) is 5.41 Å². The van der Waals surface area contributed by atoms with E-state index in [0.29, 0.717) is 11.7 Å². The fourth-order valence-corrected chi connectivity index (χ4v) is 3.46. The third-order valence-corrected chi connectivity index (χ3v) is 4.96. The Kier molecular flexibility index (Phi) is 9.63. The van der Waals surface area contributed by atoms with Crippen LogP contribution in [-0.4, -0.2) is 56.0 Å². The molecule has 2 rings (SSSR count). The van der Waals surface area contributed by atoms with Gasteiger partial charge in [-0.05, 0) is 30.9 Å². The van der Waals surface area contributed by atoms with Crippen molar-refractivity contribution in [2.45, 2.75) is 32.1 Å². The normalized spacial score (nSPS) is 15.9. The van der Waals surface area contributed by atoms with E-state index in [2.05, 4.69) is 20.6 Å². The summed E-state index contributed by atoms with van der Waals surface area (Å²) >= 11 is 5.80. The van der Waals surface area contributed by atoms with Gasteiger partial charge >= 0.3 is 0 Å². The molecule has 8 heteroatoms. The van der Waals surface area contributed by atoms with Crippen molar-refractivity contribution in [3.05, 3.63) is 29.0 Å². The average Bonchev–Trinajstić information content (AvgIpc) is 3.08. The number of guanidine groups is 1. The van der Waals surface area contributed by atoms with Crippen molar-refractivity contribution in [2.75, 3.05) is 34.2 Å². The van der Waals surface area contributed by atoms with Gasteiger partial charge in [0.05, 0.1) is 5.41 Å². The highest BCUT2D eigenvalue weighted by molar-refractivity contribution is 14.0. The second kappa shape index (κ2) is 10.9. The van der Waals surface area contributed by atoms with Gasteiger partial charge in [-0.1, -0.05) is 30.5 Å². The van der Waals surface area contributed by atoms with E-state index in [1.54, 1.807) is 24.2 Å². The van der Waals surface area contributed by atoms with Gasteiger partial charge in [-0.3, -0.25) is 9.79 Å². The van der Waals surface area contributed by atoms with Gasteiger partial charge in [0.2, 0.25) is 5.91 Å². The Balaban J connectivity index is 0.00000338. The Morgan fingerprint density at radius 3 is 2.54 bits per heavy atom. The molecule has 0 spiro atoms. The topological polar surface area (TPSA) is 69.6 Å². The maximum absolute atomic E-state index is 12.6. The first-order valence-corrected chi connectivity index (χ1v) is 9.11. The van der Waals surface area contributed by atoms with Crippen molar-refractivity contribution in [3.8, 4) is 0 Å². The molecule has 1 saturated carbocycles. The summed E-state index contributed by atoms with van der Waals surface area (Å²) in [6.45, 7) is 1.35. The summed E-state index contributed by atoms with van der Waals surface area (Å²) in [5.74, 6) is 0.931. The number of nitrogens with zero attached hydrogens (tertiary/aromatic N) is 3. The smallest absolute Gasteiger partial charge is 0.230 e. The van der Waals surface area contributed by atoms with Crippen LogP contribution in [0.2, 0.25) is 5.15 Å². The number of amides is 1. The van der Waals surface area contributed by atoms with E-state index in [1.165, 1.54) is 0 Å². The third-order valence-electron chi connectivity index (χ3n) is 4.73. The average molecular weight is 494 g/mol. The second-order valence-electron chi connectivity index (χ2n) is 6.78. The monoisotopic (exact) mass is 493 g/mol. The Hall–Kier alpha value is -1.09. The first-order valence-electron chi connectivity index (χ1n) is 8.73. The van der Waals surface area contributed by atoms with Gasteiger partial charge < -0.3 is 15.5 Å². The van der Waals surface area contributed by atoms with Gasteiger partial charge in [-0.15, -0.1) is 24.0 Å². The van der Waals surface area contributed by atoms with Crippen LogP contribution in [0.3, 0.4) is 0 Å². The van der Waals surface area contributed by atoms with Crippen molar-refractivity contribution in [2.24, 2.45) is 10.4 Å². The molecule has 1 amide bonds. The first kappa shape index (κ1) is 23.0. The van der Waals surface area contributed by atoms with Crippen LogP contribution in [0.15, 0.2) is 23.3 Å². The standard InChI is InChI=1S/C18H28ClN5O.HI/c1-20-17(21-11-8-14-6-7-15(19)22-12-14)23-13-18(9-4-5-10-18)16(25)24(2)3;/h6-7,12H,4-5,8-11,13H2,1-3H3,(H2,20,21,23);1H. The highest BCUT2D eigenvalue weighted by Crippen LogP contribution is 2.38. The summed E-state index contributed by atoms with van der Waals surface area (Å²) in [4.78, 5) is 22.7. The highest BCUT2D eigenvalue weighted by atomic mass is 127. The van der Waals surface area contributed by atoms with E-state index in [-0.39, 0.29) is 35.3 Å². The van der Waals surface area contributed by atoms with Gasteiger partial charge in [0.25, 0.3) is 0 Å². The Bertz CT molecular complexity index is 600. The van der Waals surface area contributed by atoms with Gasteiger partial charge in [0, 0.05) is 40.4 Å². The highest BCUT2D eigenvalue weighted by Gasteiger charge is 2.42. The molecule has 1 aliphatic carbocycles. The van der Waals surface area contributed by atoms with E-state index >= 15 is 0 Å². The molecular weight excluding hydrogens is 465 g/mol. The van der Waals surface area contributed by atoms with Gasteiger partial charge in [-0.2, -0.15) is 0 Å². The SMILES string of the molecule is CN=C(NCCc1ccc(Cl)nc1)NCC1(C(=O)N(C)C)CCCC1.I. The van der Waals surface area contributed by atoms with Crippen LogP contribution in [0.25, 0.3) is 0 Å². The summed E-state index contributed by atoms with van der Waals surface area (Å²) in [5, 5.41) is 7.13. The minimum Gasteiger partial charge on any atom is -0.356 e. The Morgan fingerprint density at radius 2 is 2.00 bits per heavy atom. The number of hydrogen-bond donors (Lipinski definition) is 2. The lowest BCUT2D eigenvalue weighted by Crippen LogP contribution is -2.49. The number of rotatable bonds is 6. The molecule has 0 aromatic carbocycles. The summed E-state index contributed by atoms with van der Waals surface area (Å²) in [7, 11) is 5.40. The molecule has 1 aromatic rings.